The van der Waals surface area contributed by atoms with Crippen LogP contribution < -0.4 is 19.6 Å². The quantitative estimate of drug-likeness (QED) is 0.573. The molecular weight excluding hydrogens is 404 g/mol. The van der Waals surface area contributed by atoms with Crippen LogP contribution >= 0.6 is 15.9 Å². The maximum absolute atomic E-state index is 12.2. The van der Waals surface area contributed by atoms with Crippen molar-refractivity contribution >= 4 is 28.1 Å². The van der Waals surface area contributed by atoms with E-state index in [0.717, 1.165) is 0 Å². The molecule has 0 spiro atoms. The molecule has 26 heavy (non-hydrogen) atoms. The highest BCUT2D eigenvalue weighted by atomic mass is 79.9. The fourth-order valence-corrected chi connectivity index (χ4v) is 2.80. The van der Waals surface area contributed by atoms with Crippen molar-refractivity contribution in [3.05, 3.63) is 46.4 Å². The molecule has 1 amide bonds. The minimum absolute atomic E-state index is 0.0563. The number of hydrogen-bond donors (Lipinski definition) is 2. The summed E-state index contributed by atoms with van der Waals surface area (Å²) in [6, 6.07) is 10.4. The average molecular weight is 421 g/mol. The summed E-state index contributed by atoms with van der Waals surface area (Å²) in [5.74, 6) is 0.932. The van der Waals surface area contributed by atoms with Gasteiger partial charge in [0.25, 0.3) is 5.91 Å². The number of amides is 1. The highest BCUT2D eigenvalue weighted by Gasteiger charge is 2.27. The Bertz CT molecular complexity index is 840. The first-order valence-corrected chi connectivity index (χ1v) is 8.74. The summed E-state index contributed by atoms with van der Waals surface area (Å²) < 4.78 is 17.2. The second kappa shape index (κ2) is 8.09. The van der Waals surface area contributed by atoms with E-state index in [2.05, 4.69) is 26.5 Å². The zero-order chi connectivity index (χ0) is 18.5. The van der Waals surface area contributed by atoms with E-state index >= 15 is 0 Å². The summed E-state index contributed by atoms with van der Waals surface area (Å²) in [5.41, 5.74) is 2.79. The Morgan fingerprint density at radius 2 is 2.19 bits per heavy atom. The van der Waals surface area contributed by atoms with Gasteiger partial charge in [-0.1, -0.05) is 28.1 Å². The summed E-state index contributed by atoms with van der Waals surface area (Å²) in [4.78, 5) is 12.2. The molecular formula is C18H17BrN2O5. The second-order valence-corrected chi connectivity index (χ2v) is 6.29. The lowest BCUT2D eigenvalue weighted by Crippen LogP contribution is -2.42. The molecule has 0 radical (unpaired) electrons. The summed E-state index contributed by atoms with van der Waals surface area (Å²) in [6.07, 6.45) is 0.523. The number of fused-ring (bicyclic) bond motifs is 1. The standard InChI is InChI=1S/C18H17BrN2O5/c1-2-24-15-8-12(19)7-11(17(15)22)9-20-21-18(23)16-10-25-13-5-3-4-6-14(13)26-16/h3-9,16,22H,2,10H2,1H3,(H,21,23)/b20-9+/t16-/m0/s1. The van der Waals surface area contributed by atoms with Gasteiger partial charge < -0.3 is 19.3 Å². The van der Waals surface area contributed by atoms with Crippen molar-refractivity contribution in [1.82, 2.24) is 5.43 Å². The first-order valence-electron chi connectivity index (χ1n) is 7.95. The molecule has 2 N–H and O–H groups in total. The molecule has 0 bridgehead atoms. The van der Waals surface area contributed by atoms with Crippen LogP contribution in [-0.2, 0) is 4.79 Å². The van der Waals surface area contributed by atoms with E-state index in [1.54, 1.807) is 30.3 Å². The van der Waals surface area contributed by atoms with Gasteiger partial charge in [0.1, 0.15) is 6.61 Å². The number of hydrazone groups is 1. The smallest absolute Gasteiger partial charge is 0.284 e. The number of phenols is 1. The number of phenolic OH excluding ortho intramolecular Hbond substituents is 1. The predicted molar refractivity (Wildman–Crippen MR) is 99.1 cm³/mol. The summed E-state index contributed by atoms with van der Waals surface area (Å²) in [6.45, 7) is 2.32. The lowest BCUT2D eigenvalue weighted by atomic mass is 10.2. The molecule has 0 saturated heterocycles. The summed E-state index contributed by atoms with van der Waals surface area (Å²) >= 11 is 3.34. The van der Waals surface area contributed by atoms with Crippen molar-refractivity contribution in [3.8, 4) is 23.0 Å². The number of hydrogen-bond acceptors (Lipinski definition) is 6. The molecule has 136 valence electrons. The van der Waals surface area contributed by atoms with Crippen LogP contribution in [0.15, 0.2) is 46.0 Å². The summed E-state index contributed by atoms with van der Waals surface area (Å²) in [7, 11) is 0. The van der Waals surface area contributed by atoms with Crippen LogP contribution in [0.3, 0.4) is 0 Å². The number of nitrogens with one attached hydrogen (secondary N) is 1. The van der Waals surface area contributed by atoms with Gasteiger partial charge in [-0.2, -0.15) is 5.10 Å². The van der Waals surface area contributed by atoms with Gasteiger partial charge in [0.05, 0.1) is 12.8 Å². The van der Waals surface area contributed by atoms with Crippen molar-refractivity contribution in [3.63, 3.8) is 0 Å². The van der Waals surface area contributed by atoms with Gasteiger partial charge in [0, 0.05) is 10.0 Å². The third kappa shape index (κ3) is 4.08. The molecule has 1 aliphatic heterocycles. The molecule has 0 fully saturated rings. The Hall–Kier alpha value is -2.74. The third-order valence-corrected chi connectivity index (χ3v) is 4.01. The Labute approximate surface area is 158 Å². The molecule has 0 aromatic heterocycles. The number of nitrogens with zero attached hydrogens (tertiary/aromatic N) is 1. The van der Waals surface area contributed by atoms with Gasteiger partial charge in [0.2, 0.25) is 6.10 Å². The predicted octanol–water partition coefficient (Wildman–Crippen LogP) is 2.84. The normalized spacial score (nSPS) is 15.7. The Kier molecular flexibility index (Phi) is 5.62. The minimum Gasteiger partial charge on any atom is -0.504 e. The molecule has 1 aliphatic rings. The maximum atomic E-state index is 12.2. The number of ether oxygens (including phenoxy) is 3. The van der Waals surface area contributed by atoms with E-state index in [0.29, 0.717) is 33.9 Å². The van der Waals surface area contributed by atoms with E-state index < -0.39 is 12.0 Å². The number of rotatable bonds is 5. The SMILES string of the molecule is CCOc1cc(Br)cc(/C=N/NC(=O)[C@@H]2COc3ccccc3O2)c1O. The highest BCUT2D eigenvalue weighted by molar-refractivity contribution is 9.10. The number of aromatic hydroxyl groups is 1. The zero-order valence-corrected chi connectivity index (χ0v) is 15.5. The molecule has 2 aromatic carbocycles. The molecule has 0 saturated carbocycles. The monoisotopic (exact) mass is 420 g/mol. The van der Waals surface area contributed by atoms with E-state index in [9.17, 15) is 9.90 Å². The van der Waals surface area contributed by atoms with Gasteiger partial charge in [-0.15, -0.1) is 0 Å². The number of para-hydroxylation sites is 2. The first kappa shape index (κ1) is 18.1. The molecule has 2 aromatic rings. The van der Waals surface area contributed by atoms with Crippen LogP contribution in [0, 0.1) is 0 Å². The van der Waals surface area contributed by atoms with E-state index in [-0.39, 0.29) is 12.4 Å². The topological polar surface area (TPSA) is 89.4 Å². The first-order chi connectivity index (χ1) is 12.6. The fraction of sp³-hybridized carbons (Fsp3) is 0.222. The molecule has 0 unspecified atom stereocenters. The fourth-order valence-electron chi connectivity index (χ4n) is 2.34. The molecule has 7 nitrogen and oxygen atoms in total. The van der Waals surface area contributed by atoms with Crippen LogP contribution in [0.2, 0.25) is 0 Å². The van der Waals surface area contributed by atoms with Crippen molar-refractivity contribution in [1.29, 1.82) is 0 Å². The van der Waals surface area contributed by atoms with Crippen LogP contribution in [0.25, 0.3) is 0 Å². The van der Waals surface area contributed by atoms with Gasteiger partial charge in [-0.25, -0.2) is 5.43 Å². The van der Waals surface area contributed by atoms with Gasteiger partial charge in [0.15, 0.2) is 23.0 Å². The molecule has 1 atom stereocenters. The van der Waals surface area contributed by atoms with Crippen molar-refractivity contribution in [2.75, 3.05) is 13.2 Å². The van der Waals surface area contributed by atoms with E-state index in [1.165, 1.54) is 6.21 Å². The Morgan fingerprint density at radius 1 is 1.42 bits per heavy atom. The average Bonchev–Trinajstić information content (AvgIpc) is 2.65. The number of benzene rings is 2. The number of carbonyl (C=O) groups is 1. The van der Waals surface area contributed by atoms with Crippen LogP contribution in [-0.4, -0.2) is 36.5 Å². The second-order valence-electron chi connectivity index (χ2n) is 5.37. The van der Waals surface area contributed by atoms with Crippen LogP contribution in [0.1, 0.15) is 12.5 Å². The third-order valence-electron chi connectivity index (χ3n) is 3.55. The van der Waals surface area contributed by atoms with Crippen LogP contribution in [0.4, 0.5) is 0 Å². The van der Waals surface area contributed by atoms with Gasteiger partial charge >= 0.3 is 0 Å². The lowest BCUT2D eigenvalue weighted by molar-refractivity contribution is -0.130. The van der Waals surface area contributed by atoms with Crippen molar-refractivity contribution in [2.45, 2.75) is 13.0 Å². The largest absolute Gasteiger partial charge is 0.504 e. The minimum atomic E-state index is -0.808. The van der Waals surface area contributed by atoms with Gasteiger partial charge in [-0.3, -0.25) is 4.79 Å². The lowest BCUT2D eigenvalue weighted by Gasteiger charge is -2.24. The van der Waals surface area contributed by atoms with Gasteiger partial charge in [-0.05, 0) is 31.2 Å². The van der Waals surface area contributed by atoms with Crippen molar-refractivity contribution in [2.24, 2.45) is 5.10 Å². The van der Waals surface area contributed by atoms with E-state index in [1.807, 2.05) is 13.0 Å². The molecule has 0 aliphatic carbocycles. The molecule has 8 heteroatoms. The maximum Gasteiger partial charge on any atom is 0.284 e. The Balaban J connectivity index is 1.65. The number of carbonyl (C=O) groups excluding carboxylic acids is 1. The Morgan fingerprint density at radius 3 is 2.96 bits per heavy atom. The molecule has 3 rings (SSSR count). The summed E-state index contributed by atoms with van der Waals surface area (Å²) in [5, 5.41) is 14.1. The highest BCUT2D eigenvalue weighted by Crippen LogP contribution is 2.33. The van der Waals surface area contributed by atoms with E-state index in [4.69, 9.17) is 14.2 Å². The van der Waals surface area contributed by atoms with Crippen molar-refractivity contribution < 1.29 is 24.1 Å². The van der Waals surface area contributed by atoms with Crippen LogP contribution in [0.5, 0.6) is 23.0 Å². The molecule has 1 heterocycles. The zero-order valence-electron chi connectivity index (χ0n) is 13.9. The number of halogens is 1.